The molecule has 4 heteroatoms. The van der Waals surface area contributed by atoms with Crippen molar-refractivity contribution in [2.75, 3.05) is 12.4 Å². The van der Waals surface area contributed by atoms with E-state index in [2.05, 4.69) is 5.32 Å². The number of phenols is 1. The lowest BCUT2D eigenvalue weighted by atomic mass is 10.00. The molecule has 0 radical (unpaired) electrons. The molecule has 0 fully saturated rings. The van der Waals surface area contributed by atoms with Crippen LogP contribution in [-0.2, 0) is 0 Å². The first-order chi connectivity index (χ1) is 11.1. The molecule has 0 aliphatic heterocycles. The van der Waals surface area contributed by atoms with E-state index in [1.807, 2.05) is 36.4 Å². The summed E-state index contributed by atoms with van der Waals surface area (Å²) in [5.74, 6) is 0.190. The third-order valence-corrected chi connectivity index (χ3v) is 3.87. The van der Waals surface area contributed by atoms with Crippen LogP contribution in [0.2, 0.25) is 0 Å². The lowest BCUT2D eigenvalue weighted by Crippen LogP contribution is -2.13. The summed E-state index contributed by atoms with van der Waals surface area (Å²) in [7, 11) is 1.54. The number of phenolic OH excluding ortho intramolecular Hbond substituents is 1. The number of hydrogen-bond donors (Lipinski definition) is 2. The number of carbonyl (C=O) groups is 1. The van der Waals surface area contributed by atoms with Crippen LogP contribution in [0.15, 0.2) is 54.6 Å². The second-order valence-electron chi connectivity index (χ2n) is 5.27. The Labute approximate surface area is 134 Å². The fourth-order valence-electron chi connectivity index (χ4n) is 2.63. The molecule has 116 valence electrons. The maximum Gasteiger partial charge on any atom is 0.259 e. The number of aromatic hydroxyl groups is 1. The van der Waals surface area contributed by atoms with Crippen LogP contribution in [0.1, 0.15) is 15.9 Å². The van der Waals surface area contributed by atoms with Crippen LogP contribution in [0.3, 0.4) is 0 Å². The molecule has 0 saturated heterocycles. The van der Waals surface area contributed by atoms with Crippen molar-refractivity contribution in [3.8, 4) is 11.5 Å². The molecule has 0 aliphatic carbocycles. The molecule has 23 heavy (non-hydrogen) atoms. The van der Waals surface area contributed by atoms with Crippen molar-refractivity contribution in [3.05, 3.63) is 65.7 Å². The SMILES string of the molecule is COc1ccccc1NC(=O)c1cc2ccccc2c(C)c1O. The van der Waals surface area contributed by atoms with Crippen LogP contribution >= 0.6 is 0 Å². The molecule has 0 saturated carbocycles. The normalized spacial score (nSPS) is 10.5. The Bertz CT molecular complexity index is 887. The maximum atomic E-state index is 12.6. The molecule has 3 aromatic rings. The van der Waals surface area contributed by atoms with Crippen molar-refractivity contribution in [1.29, 1.82) is 0 Å². The minimum Gasteiger partial charge on any atom is -0.507 e. The molecule has 0 aromatic heterocycles. The van der Waals surface area contributed by atoms with Gasteiger partial charge in [-0.25, -0.2) is 0 Å². The van der Waals surface area contributed by atoms with E-state index in [1.54, 1.807) is 32.2 Å². The van der Waals surface area contributed by atoms with Gasteiger partial charge in [-0.2, -0.15) is 0 Å². The standard InChI is InChI=1S/C19H17NO3/c1-12-14-8-4-3-7-13(14)11-15(18(12)21)19(22)20-16-9-5-6-10-17(16)23-2/h3-11,21H,1-2H3,(H,20,22). The van der Waals surface area contributed by atoms with Crippen molar-refractivity contribution < 1.29 is 14.6 Å². The number of para-hydroxylation sites is 2. The fraction of sp³-hybridized carbons (Fsp3) is 0.105. The molecular formula is C19H17NO3. The molecule has 3 rings (SSSR count). The Morgan fingerprint density at radius 1 is 1.09 bits per heavy atom. The summed E-state index contributed by atoms with van der Waals surface area (Å²) in [6.07, 6.45) is 0. The fourth-order valence-corrected chi connectivity index (χ4v) is 2.63. The number of aryl methyl sites for hydroxylation is 1. The maximum absolute atomic E-state index is 12.6. The van der Waals surface area contributed by atoms with Gasteiger partial charge in [0.15, 0.2) is 0 Å². The lowest BCUT2D eigenvalue weighted by molar-refractivity contribution is 0.102. The smallest absolute Gasteiger partial charge is 0.259 e. The van der Waals surface area contributed by atoms with Gasteiger partial charge in [-0.15, -0.1) is 0 Å². The highest BCUT2D eigenvalue weighted by Crippen LogP contribution is 2.32. The molecule has 1 amide bonds. The van der Waals surface area contributed by atoms with E-state index in [0.29, 0.717) is 17.0 Å². The Kier molecular flexibility index (Phi) is 3.89. The van der Waals surface area contributed by atoms with Gasteiger partial charge in [0, 0.05) is 0 Å². The largest absolute Gasteiger partial charge is 0.507 e. The highest BCUT2D eigenvalue weighted by atomic mass is 16.5. The van der Waals surface area contributed by atoms with Gasteiger partial charge in [-0.05, 0) is 41.5 Å². The highest BCUT2D eigenvalue weighted by molar-refractivity contribution is 6.10. The molecule has 0 atom stereocenters. The Balaban J connectivity index is 2.03. The minimum atomic E-state index is -0.374. The molecule has 0 spiro atoms. The van der Waals surface area contributed by atoms with E-state index in [9.17, 15) is 9.90 Å². The zero-order valence-corrected chi connectivity index (χ0v) is 13.0. The monoisotopic (exact) mass is 307 g/mol. The molecule has 0 bridgehead atoms. The summed E-state index contributed by atoms with van der Waals surface area (Å²) in [4.78, 5) is 12.6. The third kappa shape index (κ3) is 2.71. The molecule has 3 aromatic carbocycles. The van der Waals surface area contributed by atoms with E-state index < -0.39 is 0 Å². The highest BCUT2D eigenvalue weighted by Gasteiger charge is 2.17. The van der Waals surface area contributed by atoms with Crippen LogP contribution < -0.4 is 10.1 Å². The van der Waals surface area contributed by atoms with Crippen LogP contribution in [0.25, 0.3) is 10.8 Å². The summed E-state index contributed by atoms with van der Waals surface area (Å²) in [5.41, 5.74) is 1.49. The van der Waals surface area contributed by atoms with Crippen LogP contribution in [-0.4, -0.2) is 18.1 Å². The zero-order chi connectivity index (χ0) is 16.4. The number of methoxy groups -OCH3 is 1. The van der Waals surface area contributed by atoms with Crippen molar-refractivity contribution in [3.63, 3.8) is 0 Å². The van der Waals surface area contributed by atoms with Crippen LogP contribution in [0, 0.1) is 6.92 Å². The molecule has 0 heterocycles. The number of benzene rings is 3. The Hall–Kier alpha value is -3.01. The van der Waals surface area contributed by atoms with E-state index in [-0.39, 0.29) is 17.2 Å². The number of nitrogens with one attached hydrogen (secondary N) is 1. The van der Waals surface area contributed by atoms with Crippen molar-refractivity contribution in [1.82, 2.24) is 0 Å². The quantitative estimate of drug-likeness (QED) is 0.765. The average Bonchev–Trinajstić information content (AvgIpc) is 2.58. The van der Waals surface area contributed by atoms with Gasteiger partial charge in [-0.1, -0.05) is 36.4 Å². The number of hydrogen-bond acceptors (Lipinski definition) is 3. The summed E-state index contributed by atoms with van der Waals surface area (Å²) in [5, 5.41) is 15.0. The van der Waals surface area contributed by atoms with Gasteiger partial charge in [0.25, 0.3) is 5.91 Å². The predicted octanol–water partition coefficient (Wildman–Crippen LogP) is 4.11. The van der Waals surface area contributed by atoms with Crippen molar-refractivity contribution >= 4 is 22.4 Å². The van der Waals surface area contributed by atoms with Gasteiger partial charge in [0.2, 0.25) is 0 Å². The molecular weight excluding hydrogens is 290 g/mol. The van der Waals surface area contributed by atoms with Gasteiger partial charge >= 0.3 is 0 Å². The van der Waals surface area contributed by atoms with E-state index in [0.717, 1.165) is 10.8 Å². The van der Waals surface area contributed by atoms with Crippen molar-refractivity contribution in [2.45, 2.75) is 6.92 Å². The predicted molar refractivity (Wildman–Crippen MR) is 91.3 cm³/mol. The van der Waals surface area contributed by atoms with Gasteiger partial charge < -0.3 is 15.2 Å². The number of rotatable bonds is 3. The number of anilines is 1. The second-order valence-corrected chi connectivity index (χ2v) is 5.27. The first kappa shape index (κ1) is 14.9. The van der Waals surface area contributed by atoms with E-state index in [4.69, 9.17) is 4.74 Å². The van der Waals surface area contributed by atoms with Gasteiger partial charge in [-0.3, -0.25) is 4.79 Å². The Morgan fingerprint density at radius 3 is 2.57 bits per heavy atom. The zero-order valence-electron chi connectivity index (χ0n) is 13.0. The number of ether oxygens (including phenoxy) is 1. The lowest BCUT2D eigenvalue weighted by Gasteiger charge is -2.13. The topological polar surface area (TPSA) is 58.6 Å². The molecule has 2 N–H and O–H groups in total. The summed E-state index contributed by atoms with van der Waals surface area (Å²) >= 11 is 0. The minimum absolute atomic E-state index is 0.00361. The van der Waals surface area contributed by atoms with E-state index in [1.165, 1.54) is 0 Å². The molecule has 0 aliphatic rings. The second kappa shape index (κ2) is 6.01. The summed E-state index contributed by atoms with van der Waals surface area (Å²) < 4.78 is 5.23. The summed E-state index contributed by atoms with van der Waals surface area (Å²) in [6, 6.07) is 16.5. The number of carbonyl (C=O) groups excluding carboxylic acids is 1. The average molecular weight is 307 g/mol. The number of fused-ring (bicyclic) bond motifs is 1. The first-order valence-corrected chi connectivity index (χ1v) is 7.27. The molecule has 0 unspecified atom stereocenters. The number of amides is 1. The van der Waals surface area contributed by atoms with Crippen molar-refractivity contribution in [2.24, 2.45) is 0 Å². The van der Waals surface area contributed by atoms with Gasteiger partial charge in [0.05, 0.1) is 18.4 Å². The van der Waals surface area contributed by atoms with Crippen LogP contribution in [0.5, 0.6) is 11.5 Å². The molecule has 4 nitrogen and oxygen atoms in total. The summed E-state index contributed by atoms with van der Waals surface area (Å²) in [6.45, 7) is 1.80. The van der Waals surface area contributed by atoms with Gasteiger partial charge in [0.1, 0.15) is 11.5 Å². The van der Waals surface area contributed by atoms with E-state index >= 15 is 0 Å². The van der Waals surface area contributed by atoms with Crippen LogP contribution in [0.4, 0.5) is 5.69 Å². The third-order valence-electron chi connectivity index (χ3n) is 3.87. The Morgan fingerprint density at radius 2 is 1.78 bits per heavy atom. The first-order valence-electron chi connectivity index (χ1n) is 7.27.